The van der Waals surface area contributed by atoms with Gasteiger partial charge in [-0.2, -0.15) is 0 Å². The average molecular weight is 1780 g/mol. The van der Waals surface area contributed by atoms with E-state index in [4.69, 9.17) is 14.5 Å². The lowest BCUT2D eigenvalue weighted by molar-refractivity contribution is -0.148. The van der Waals surface area contributed by atoms with Gasteiger partial charge in [0.2, 0.25) is 0 Å². The van der Waals surface area contributed by atoms with Crippen LogP contribution >= 0.6 is 0 Å². The lowest BCUT2D eigenvalue weighted by atomic mass is 9.81. The number of pyridine rings is 4. The molecule has 0 saturated carbocycles. The third kappa shape index (κ3) is 20.7. The van der Waals surface area contributed by atoms with Crippen LogP contribution in [-0.2, 0) is 19.1 Å². The predicted molar refractivity (Wildman–Crippen MR) is 523 cm³/mol. The quantitative estimate of drug-likeness (QED) is 0.0291. The first-order chi connectivity index (χ1) is 63.7. The molecule has 4 aromatic heterocycles. The summed E-state index contributed by atoms with van der Waals surface area (Å²) in [5, 5.41) is 13.0. The van der Waals surface area contributed by atoms with Crippen molar-refractivity contribution in [2.24, 2.45) is 23.7 Å². The minimum absolute atomic E-state index is 0.0322. The Morgan fingerprint density at radius 3 is 0.970 bits per heavy atom. The van der Waals surface area contributed by atoms with E-state index in [0.717, 1.165) is 197 Å². The van der Waals surface area contributed by atoms with Crippen molar-refractivity contribution in [2.45, 2.75) is 193 Å². The van der Waals surface area contributed by atoms with Gasteiger partial charge < -0.3 is 19.4 Å². The number of Topliss-reactive ketones (excluding diaryl/α,β-unsaturated/α-hetero) is 4. The maximum atomic E-state index is 15.0. The first-order valence-electron chi connectivity index (χ1n) is 46.9. The number of esters is 1. The van der Waals surface area contributed by atoms with Crippen LogP contribution in [0.5, 0.6) is 0 Å². The van der Waals surface area contributed by atoms with Gasteiger partial charge in [-0.15, -0.1) is 0 Å². The van der Waals surface area contributed by atoms with E-state index in [2.05, 4.69) is 77.9 Å². The molecule has 1 aliphatic heterocycles. The van der Waals surface area contributed by atoms with Crippen LogP contribution in [0.2, 0.25) is 0 Å². The summed E-state index contributed by atoms with van der Waals surface area (Å²) < 4.78 is 70.2. The number of benzene rings is 8. The summed E-state index contributed by atoms with van der Waals surface area (Å²) in [6, 6.07) is 41.9. The van der Waals surface area contributed by atoms with Crippen molar-refractivity contribution >= 4 is 101 Å². The molecule has 1 fully saturated rings. The van der Waals surface area contributed by atoms with E-state index in [1.807, 2.05) is 78.8 Å². The molecule has 0 radical (unpaired) electrons. The Hall–Kier alpha value is -12.2. The molecule has 5 heterocycles. The minimum Gasteiger partial charge on any atom is -0.466 e. The zero-order chi connectivity index (χ0) is 93.9. The fourth-order valence-corrected chi connectivity index (χ4v) is 20.3. The summed E-state index contributed by atoms with van der Waals surface area (Å²) in [5.74, 6) is -0.632. The zero-order valence-electron chi connectivity index (χ0n) is 78.3. The van der Waals surface area contributed by atoms with E-state index in [0.29, 0.717) is 123 Å². The van der Waals surface area contributed by atoms with Gasteiger partial charge in [0.15, 0.2) is 23.1 Å². The third-order valence-electron chi connectivity index (χ3n) is 27.1. The van der Waals surface area contributed by atoms with Crippen molar-refractivity contribution in [3.05, 3.63) is 283 Å². The van der Waals surface area contributed by atoms with Gasteiger partial charge in [-0.05, 0) is 335 Å². The summed E-state index contributed by atoms with van der Waals surface area (Å²) >= 11 is 0. The SMILES string of the molecule is CCC(=O)c1cc(-c2ccccc2F)c2c(C)c(C3=CCC(C=O)CC3)c(C)cc2n1.CCC(=O)c1cc(-c2ccccc2F)c2c(C)c(C3=CCC(CN4CCOCC4)CC3)c(C)cc2n1.CCC(=O)c1cc(-c2ccccc2F)c2c(C)c(C3=CCC(CO)CC3)c(C)cc2n1.CCOC(=O)C1CC=C(c2c(C)cc3nc(C(=O)CC)cc(-c4ccccc4F)c3c2C)CC1. The zero-order valence-corrected chi connectivity index (χ0v) is 78.3. The molecule has 1 N–H and O–H groups in total. The monoisotopic (exact) mass is 1780 g/mol. The third-order valence-corrected chi connectivity index (χ3v) is 27.1. The van der Waals surface area contributed by atoms with Crippen molar-refractivity contribution in [1.82, 2.24) is 24.8 Å². The first kappa shape index (κ1) is 95.9. The fraction of sp³-hybridized carbons (Fsp3) is 0.351. The van der Waals surface area contributed by atoms with E-state index in [1.54, 1.807) is 98.8 Å². The fourth-order valence-electron chi connectivity index (χ4n) is 20.3. The highest BCUT2D eigenvalue weighted by atomic mass is 19.1. The van der Waals surface area contributed by atoms with Crippen LogP contribution in [0.25, 0.3) is 110 Å². The van der Waals surface area contributed by atoms with Crippen molar-refractivity contribution in [1.29, 1.82) is 0 Å². The van der Waals surface area contributed by atoms with Gasteiger partial charge in [-0.1, -0.05) is 125 Å². The molecule has 682 valence electrons. The van der Waals surface area contributed by atoms with Crippen LogP contribution in [0.4, 0.5) is 17.6 Å². The van der Waals surface area contributed by atoms with Gasteiger partial charge in [0, 0.05) is 102 Å². The maximum Gasteiger partial charge on any atom is 0.309 e. The number of nitrogens with zero attached hydrogens (tertiary/aromatic N) is 5. The Bertz CT molecular complexity index is 6630. The second-order valence-corrected chi connectivity index (χ2v) is 35.8. The normalized spacial score (nSPS) is 16.9. The van der Waals surface area contributed by atoms with Gasteiger partial charge >= 0.3 is 5.97 Å². The van der Waals surface area contributed by atoms with Gasteiger partial charge in [-0.25, -0.2) is 37.5 Å². The number of allylic oxidation sites excluding steroid dienone is 8. The Balaban J connectivity index is 0.000000142. The molecule has 132 heavy (non-hydrogen) atoms. The number of halogens is 4. The van der Waals surface area contributed by atoms with Crippen LogP contribution in [0.15, 0.2) is 170 Å². The molecule has 1 saturated heterocycles. The Labute approximate surface area is 772 Å². The number of aryl methyl sites for hydroxylation is 8. The van der Waals surface area contributed by atoms with E-state index in [9.17, 15) is 51.4 Å². The second-order valence-electron chi connectivity index (χ2n) is 35.8. The highest BCUT2D eigenvalue weighted by Crippen LogP contribution is 2.47. The summed E-state index contributed by atoms with van der Waals surface area (Å²) in [6.45, 7) is 31.1. The molecule has 12 aromatic rings. The van der Waals surface area contributed by atoms with E-state index >= 15 is 0 Å². The lowest BCUT2D eigenvalue weighted by Gasteiger charge is -2.32. The molecule has 4 unspecified atom stereocenters. The van der Waals surface area contributed by atoms with Crippen LogP contribution in [0, 0.1) is 102 Å². The molecule has 8 aromatic carbocycles. The summed E-state index contributed by atoms with van der Waals surface area (Å²) in [4.78, 5) is 94.7. The molecule has 14 nitrogen and oxygen atoms in total. The molecular formula is C114H119F4N5O9. The Kier molecular flexibility index (Phi) is 31.2. The molecule has 5 aliphatic rings. The summed E-state index contributed by atoms with van der Waals surface area (Å²) in [5.41, 5.74) is 27.5. The molecular weight excluding hydrogens is 1660 g/mol. The number of fused-ring (bicyclic) bond motifs is 4. The van der Waals surface area contributed by atoms with Crippen molar-refractivity contribution < 1.29 is 60.9 Å². The Morgan fingerprint density at radius 2 is 0.705 bits per heavy atom. The molecule has 4 aliphatic carbocycles. The summed E-state index contributed by atoms with van der Waals surface area (Å²) in [7, 11) is 0. The number of aldehydes is 1. The number of carbonyl (C=O) groups is 6. The number of hydrogen-bond acceptors (Lipinski definition) is 14. The highest BCUT2D eigenvalue weighted by molar-refractivity contribution is 6.10. The average Bonchev–Trinajstić information content (AvgIpc) is 0.761. The van der Waals surface area contributed by atoms with Gasteiger partial charge in [-0.3, -0.25) is 28.9 Å². The van der Waals surface area contributed by atoms with Gasteiger partial charge in [0.25, 0.3) is 0 Å². The van der Waals surface area contributed by atoms with Crippen molar-refractivity contribution in [3.63, 3.8) is 0 Å². The molecule has 4 atom stereocenters. The molecule has 18 heteroatoms. The Morgan fingerprint density at radius 1 is 0.402 bits per heavy atom. The van der Waals surface area contributed by atoms with Crippen LogP contribution in [0.1, 0.15) is 246 Å². The number of ether oxygens (including phenoxy) is 2. The standard InChI is InChI=1S/C31H35FN2O2.C29H30FNO3.C27H28FNO2.C27H26FNO2/c1-4-29(35)27-18-25(24-7-5-6-8-26(24)32)31-21(3)30(20(2)17-28(31)33-27)23-11-9-22(10-12-23)19-34-13-15-36-16-14-34;1-5-26(32)24-16-22(21-9-7-8-10-23(21)30)28-18(4)27(17(3)15-25(28)31-24)19-11-13-20(14-12-19)29(33)34-6-2;2*1-4-25(31)23-14-21(20-7-5-6-8-22(20)28)27-17(3)26(16(2)13-24(27)29-23)19-11-9-18(15-30)10-12-19/h5-8,11,17-18,22H,4,9-10,12-16,19H2,1-3H3;7-11,15-16,20H,5-6,12-14H2,1-4H3;5-8,11,13-14,18,30H,4,9-10,12,15H2,1-3H3;5-8,11,13-15,18H,4,9-10,12H2,1-3H3. The number of carbonyl (C=O) groups excluding carboxylic acids is 6. The van der Waals surface area contributed by atoms with Gasteiger partial charge in [0.05, 0.1) is 47.8 Å². The molecule has 0 amide bonds. The number of aromatic nitrogens is 4. The number of hydrogen-bond donors (Lipinski definition) is 1. The van der Waals surface area contributed by atoms with Crippen LogP contribution in [-0.4, -0.2) is 111 Å². The van der Waals surface area contributed by atoms with Crippen molar-refractivity contribution in [3.8, 4) is 44.5 Å². The van der Waals surface area contributed by atoms with Crippen molar-refractivity contribution in [2.75, 3.05) is 46.1 Å². The van der Waals surface area contributed by atoms with E-state index < -0.39 is 0 Å². The molecule has 0 spiro atoms. The highest BCUT2D eigenvalue weighted by Gasteiger charge is 2.31. The molecule has 17 rings (SSSR count). The first-order valence-corrected chi connectivity index (χ1v) is 46.9. The lowest BCUT2D eigenvalue weighted by Crippen LogP contribution is -2.39. The van der Waals surface area contributed by atoms with E-state index in [1.165, 1.54) is 64.1 Å². The van der Waals surface area contributed by atoms with Crippen LogP contribution in [0.3, 0.4) is 0 Å². The maximum absolute atomic E-state index is 15.0. The summed E-state index contributed by atoms with van der Waals surface area (Å²) in [6.07, 6.45) is 22.0. The number of aliphatic hydroxyl groups is 1. The predicted octanol–water partition coefficient (Wildman–Crippen LogP) is 26.8. The smallest absolute Gasteiger partial charge is 0.309 e. The second kappa shape index (κ2) is 43.0. The number of rotatable bonds is 22. The number of morpholine rings is 1. The van der Waals surface area contributed by atoms with E-state index in [-0.39, 0.29) is 70.8 Å². The number of aliphatic hydroxyl groups excluding tert-OH is 1. The number of ketones is 4. The van der Waals surface area contributed by atoms with Gasteiger partial charge in [0.1, 0.15) is 52.3 Å². The minimum atomic E-state index is -0.333. The topological polar surface area (TPSA) is 196 Å². The largest absolute Gasteiger partial charge is 0.466 e. The van der Waals surface area contributed by atoms with Crippen LogP contribution < -0.4 is 0 Å². The molecule has 0 bridgehead atoms.